The fourth-order valence-corrected chi connectivity index (χ4v) is 0.850. The van der Waals surface area contributed by atoms with Crippen LogP contribution in [-0.4, -0.2) is 36.5 Å². The van der Waals surface area contributed by atoms with Gasteiger partial charge in [0.15, 0.2) is 0 Å². The standard InChI is InChI=1S/C5H9NO2.C4H11NO/c1-2-4-3-8-5(7)6-4;1-4(5)2-3-6/h4H,2-3H2,1H3,(H,6,7);4,6H,2-3,5H2,1H3. The lowest BCUT2D eigenvalue weighted by molar-refractivity contribution is 0.176. The van der Waals surface area contributed by atoms with E-state index < -0.39 is 0 Å². The zero-order valence-corrected chi connectivity index (χ0v) is 8.82. The molecule has 14 heavy (non-hydrogen) atoms. The Hall–Kier alpha value is -0.810. The summed E-state index contributed by atoms with van der Waals surface area (Å²) in [5, 5.41) is 10.8. The maximum absolute atomic E-state index is 10.3. The van der Waals surface area contributed by atoms with E-state index in [1.54, 1.807) is 0 Å². The zero-order chi connectivity index (χ0) is 11.0. The van der Waals surface area contributed by atoms with Gasteiger partial charge in [0.05, 0.1) is 6.04 Å². The smallest absolute Gasteiger partial charge is 0.407 e. The van der Waals surface area contributed by atoms with E-state index in [-0.39, 0.29) is 24.8 Å². The number of alkyl carbamates (subject to hydrolysis) is 1. The summed E-state index contributed by atoms with van der Waals surface area (Å²) < 4.78 is 4.61. The summed E-state index contributed by atoms with van der Waals surface area (Å²) in [6.07, 6.45) is 1.38. The van der Waals surface area contributed by atoms with Crippen LogP contribution in [0.1, 0.15) is 26.7 Å². The second-order valence-corrected chi connectivity index (χ2v) is 3.34. The molecule has 1 aliphatic rings. The Kier molecular flexibility index (Phi) is 7.14. The van der Waals surface area contributed by atoms with Crippen molar-refractivity contribution in [1.29, 1.82) is 0 Å². The molecule has 84 valence electrons. The third-order valence-electron chi connectivity index (χ3n) is 1.81. The van der Waals surface area contributed by atoms with Gasteiger partial charge >= 0.3 is 6.09 Å². The van der Waals surface area contributed by atoms with Crippen LogP contribution in [0.4, 0.5) is 4.79 Å². The average molecular weight is 204 g/mol. The van der Waals surface area contributed by atoms with Crippen LogP contribution >= 0.6 is 0 Å². The van der Waals surface area contributed by atoms with E-state index in [0.29, 0.717) is 13.0 Å². The molecule has 5 heteroatoms. The second kappa shape index (κ2) is 7.58. The van der Waals surface area contributed by atoms with Crippen LogP contribution in [0.5, 0.6) is 0 Å². The zero-order valence-electron chi connectivity index (χ0n) is 8.82. The summed E-state index contributed by atoms with van der Waals surface area (Å²) in [6, 6.07) is 0.400. The number of amides is 1. The first kappa shape index (κ1) is 13.2. The highest BCUT2D eigenvalue weighted by atomic mass is 16.6. The van der Waals surface area contributed by atoms with Gasteiger partial charge in [-0.3, -0.25) is 0 Å². The van der Waals surface area contributed by atoms with Crippen LogP contribution in [0, 0.1) is 0 Å². The number of hydrogen-bond acceptors (Lipinski definition) is 4. The number of carbonyl (C=O) groups excluding carboxylic acids is 1. The summed E-state index contributed by atoms with van der Waals surface area (Å²) in [4.78, 5) is 10.3. The molecule has 1 saturated heterocycles. The summed E-state index contributed by atoms with van der Waals surface area (Å²) in [7, 11) is 0. The molecule has 1 fully saturated rings. The summed E-state index contributed by atoms with van der Waals surface area (Å²) in [5.41, 5.74) is 5.24. The molecule has 2 unspecified atom stereocenters. The van der Waals surface area contributed by atoms with Crippen molar-refractivity contribution in [2.75, 3.05) is 13.2 Å². The third kappa shape index (κ3) is 6.68. The highest BCUT2D eigenvalue weighted by Gasteiger charge is 2.19. The first-order valence-electron chi connectivity index (χ1n) is 4.89. The van der Waals surface area contributed by atoms with Crippen LogP contribution < -0.4 is 11.1 Å². The summed E-state index contributed by atoms with van der Waals surface area (Å²) >= 11 is 0. The Labute approximate surface area is 84.6 Å². The number of cyclic esters (lactones) is 1. The van der Waals surface area contributed by atoms with E-state index in [1.807, 2.05) is 13.8 Å². The van der Waals surface area contributed by atoms with Crippen LogP contribution in [0.3, 0.4) is 0 Å². The predicted molar refractivity (Wildman–Crippen MR) is 53.9 cm³/mol. The average Bonchev–Trinajstić information content (AvgIpc) is 2.52. The van der Waals surface area contributed by atoms with Crippen molar-refractivity contribution < 1.29 is 14.6 Å². The van der Waals surface area contributed by atoms with Gasteiger partial charge in [-0.2, -0.15) is 0 Å². The van der Waals surface area contributed by atoms with Crippen LogP contribution in [0.15, 0.2) is 0 Å². The molecule has 4 N–H and O–H groups in total. The molecule has 0 aliphatic carbocycles. The Balaban J connectivity index is 0.000000255. The normalized spacial score (nSPS) is 21.7. The van der Waals surface area contributed by atoms with Gasteiger partial charge in [-0.25, -0.2) is 4.79 Å². The van der Waals surface area contributed by atoms with Gasteiger partial charge < -0.3 is 20.9 Å². The molecule has 1 amide bonds. The maximum atomic E-state index is 10.3. The van der Waals surface area contributed by atoms with E-state index in [9.17, 15) is 4.79 Å². The number of rotatable bonds is 3. The van der Waals surface area contributed by atoms with Crippen molar-refractivity contribution in [1.82, 2.24) is 5.32 Å². The lowest BCUT2D eigenvalue weighted by atomic mass is 10.3. The summed E-state index contributed by atoms with van der Waals surface area (Å²) in [5.74, 6) is 0. The minimum Gasteiger partial charge on any atom is -0.447 e. The first-order chi connectivity index (χ1) is 6.60. The molecular weight excluding hydrogens is 184 g/mol. The SMILES string of the molecule is CC(N)CCO.CCC1COC(=O)N1. The van der Waals surface area contributed by atoms with E-state index in [1.165, 1.54) is 0 Å². The molecular formula is C9H20N2O3. The van der Waals surface area contributed by atoms with Crippen molar-refractivity contribution in [3.8, 4) is 0 Å². The largest absolute Gasteiger partial charge is 0.447 e. The van der Waals surface area contributed by atoms with Crippen LogP contribution in [0.2, 0.25) is 0 Å². The number of aliphatic hydroxyl groups is 1. The van der Waals surface area contributed by atoms with Crippen LogP contribution in [-0.2, 0) is 4.74 Å². The van der Waals surface area contributed by atoms with Crippen LogP contribution in [0.25, 0.3) is 0 Å². The predicted octanol–water partition coefficient (Wildman–Crippen LogP) is 0.221. The molecule has 0 radical (unpaired) electrons. The monoisotopic (exact) mass is 204 g/mol. The lowest BCUT2D eigenvalue weighted by Gasteiger charge is -1.97. The van der Waals surface area contributed by atoms with Crippen molar-refractivity contribution in [2.45, 2.75) is 38.8 Å². The lowest BCUT2D eigenvalue weighted by Crippen LogP contribution is -2.24. The topological polar surface area (TPSA) is 84.6 Å². The van der Waals surface area contributed by atoms with Gasteiger partial charge in [-0.05, 0) is 19.8 Å². The van der Waals surface area contributed by atoms with E-state index >= 15 is 0 Å². The van der Waals surface area contributed by atoms with Gasteiger partial charge in [-0.1, -0.05) is 6.92 Å². The number of hydrogen-bond donors (Lipinski definition) is 3. The fourth-order valence-electron chi connectivity index (χ4n) is 0.850. The van der Waals surface area contributed by atoms with Gasteiger partial charge in [0.25, 0.3) is 0 Å². The number of nitrogens with two attached hydrogens (primary N) is 1. The molecule has 0 aromatic heterocycles. The summed E-state index contributed by atoms with van der Waals surface area (Å²) in [6.45, 7) is 4.63. The van der Waals surface area contributed by atoms with Gasteiger partial charge in [0.1, 0.15) is 6.61 Å². The number of nitrogens with one attached hydrogen (secondary N) is 1. The number of carbonyl (C=O) groups is 1. The molecule has 1 rings (SSSR count). The van der Waals surface area contributed by atoms with Crippen molar-refractivity contribution in [3.05, 3.63) is 0 Å². The van der Waals surface area contributed by atoms with Crippen molar-refractivity contribution in [3.63, 3.8) is 0 Å². The maximum Gasteiger partial charge on any atom is 0.407 e. The fraction of sp³-hybridized carbons (Fsp3) is 0.889. The molecule has 0 aromatic rings. The third-order valence-corrected chi connectivity index (χ3v) is 1.81. The minimum absolute atomic E-state index is 0.148. The van der Waals surface area contributed by atoms with Crippen molar-refractivity contribution >= 4 is 6.09 Å². The van der Waals surface area contributed by atoms with Gasteiger partial charge in [0.2, 0.25) is 0 Å². The van der Waals surface area contributed by atoms with Gasteiger partial charge in [0, 0.05) is 12.6 Å². The van der Waals surface area contributed by atoms with E-state index in [2.05, 4.69) is 10.1 Å². The first-order valence-corrected chi connectivity index (χ1v) is 4.89. The van der Waals surface area contributed by atoms with Crippen molar-refractivity contribution in [2.24, 2.45) is 5.73 Å². The number of aliphatic hydroxyl groups excluding tert-OH is 1. The highest BCUT2D eigenvalue weighted by Crippen LogP contribution is 1.99. The molecule has 0 spiro atoms. The Bertz CT molecular complexity index is 162. The molecule has 1 aliphatic heterocycles. The Morgan fingerprint density at radius 1 is 1.79 bits per heavy atom. The van der Waals surface area contributed by atoms with Gasteiger partial charge in [-0.15, -0.1) is 0 Å². The number of ether oxygens (including phenoxy) is 1. The second-order valence-electron chi connectivity index (χ2n) is 3.34. The van der Waals surface area contributed by atoms with E-state index in [0.717, 1.165) is 6.42 Å². The minimum atomic E-state index is -0.281. The Morgan fingerprint density at radius 2 is 2.43 bits per heavy atom. The van der Waals surface area contributed by atoms with E-state index in [4.69, 9.17) is 10.8 Å². The highest BCUT2D eigenvalue weighted by molar-refractivity contribution is 5.69. The molecule has 0 aromatic carbocycles. The molecule has 1 heterocycles. The molecule has 0 bridgehead atoms. The Morgan fingerprint density at radius 3 is 2.57 bits per heavy atom. The molecule has 0 saturated carbocycles. The molecule has 2 atom stereocenters. The quantitative estimate of drug-likeness (QED) is 0.614. The molecule has 5 nitrogen and oxygen atoms in total.